The molecule has 5 N–H and O–H groups in total. The number of nitrogens with two attached hydrogens (primary N) is 1. The predicted molar refractivity (Wildman–Crippen MR) is 166 cm³/mol. The van der Waals surface area contributed by atoms with Crippen molar-refractivity contribution in [3.05, 3.63) is 52.7 Å². The summed E-state index contributed by atoms with van der Waals surface area (Å²) >= 11 is 0. The molecule has 0 aliphatic carbocycles. The maximum atomic E-state index is 10.8. The monoisotopic (exact) mass is 536 g/mol. The second-order valence-electron chi connectivity index (χ2n) is 11.7. The largest absolute Gasteiger partial charge is 0.386 e. The first kappa shape index (κ1) is 31.3. The van der Waals surface area contributed by atoms with E-state index in [0.717, 1.165) is 30.0 Å². The standard InChI is InChI=1S/C32H47N3O2.CH5N/c1-7-22(20-27(28(33)8-2)32(5,6)36)31-30(21(3)4)26-19-24(9-10-29(26)34-31)23-11-15-35(16-12-23)25-13-17-37-18-14-25;1-2/h7,9-10,19-21,23,25,33-34,36H,8,11-18H2,1-6H3;2H2,1H3/b22-7+,27-20+,33-28?;. The van der Waals surface area contributed by atoms with Gasteiger partial charge in [0.05, 0.1) is 5.60 Å². The Kier molecular flexibility index (Phi) is 11.1. The SMILES string of the molecule is C/C=C(\C=C(/C(=N)CC)C(C)(C)O)c1[nH]c2ccc(C3CCN(C4CCOCC4)CC3)cc2c1C(C)C.CN. The Labute approximate surface area is 236 Å². The van der Waals surface area contributed by atoms with Crippen LogP contribution in [0.2, 0.25) is 0 Å². The van der Waals surface area contributed by atoms with E-state index < -0.39 is 5.60 Å². The van der Waals surface area contributed by atoms with Gasteiger partial charge in [-0.1, -0.05) is 32.9 Å². The molecule has 6 heteroatoms. The van der Waals surface area contributed by atoms with E-state index in [2.05, 4.69) is 53.7 Å². The van der Waals surface area contributed by atoms with Crippen LogP contribution in [0, 0.1) is 5.41 Å². The summed E-state index contributed by atoms with van der Waals surface area (Å²) in [6.45, 7) is 16.2. The van der Waals surface area contributed by atoms with Gasteiger partial charge in [0, 0.05) is 47.1 Å². The molecule has 0 bridgehead atoms. The molecule has 6 nitrogen and oxygen atoms in total. The van der Waals surface area contributed by atoms with Gasteiger partial charge in [0.15, 0.2) is 0 Å². The number of H-pyrrole nitrogens is 1. The van der Waals surface area contributed by atoms with Gasteiger partial charge in [0.1, 0.15) is 0 Å². The Morgan fingerprint density at radius 2 is 1.82 bits per heavy atom. The number of rotatable bonds is 8. The third kappa shape index (κ3) is 7.29. The maximum absolute atomic E-state index is 10.8. The van der Waals surface area contributed by atoms with Crippen molar-refractivity contribution < 1.29 is 9.84 Å². The summed E-state index contributed by atoms with van der Waals surface area (Å²) < 4.78 is 5.57. The van der Waals surface area contributed by atoms with Crippen molar-refractivity contribution in [3.63, 3.8) is 0 Å². The molecule has 0 amide bonds. The quantitative estimate of drug-likeness (QED) is 0.221. The minimum atomic E-state index is -1.07. The van der Waals surface area contributed by atoms with E-state index in [9.17, 15) is 5.11 Å². The number of nitrogens with one attached hydrogen (secondary N) is 2. The van der Waals surface area contributed by atoms with Crippen LogP contribution in [0.15, 0.2) is 35.9 Å². The zero-order chi connectivity index (χ0) is 28.7. The number of benzene rings is 1. The number of likely N-dealkylation sites (tertiary alicyclic amines) is 1. The highest BCUT2D eigenvalue weighted by Crippen LogP contribution is 2.38. The molecule has 2 saturated heterocycles. The van der Waals surface area contributed by atoms with Crippen LogP contribution in [0.1, 0.15) is 102 Å². The van der Waals surface area contributed by atoms with Gasteiger partial charge in [-0.05, 0) is 120 Å². The molecule has 4 rings (SSSR count). The van der Waals surface area contributed by atoms with Crippen LogP contribution >= 0.6 is 0 Å². The van der Waals surface area contributed by atoms with Gasteiger partial charge >= 0.3 is 0 Å². The van der Waals surface area contributed by atoms with Crippen molar-refractivity contribution in [3.8, 4) is 0 Å². The maximum Gasteiger partial charge on any atom is 0.0858 e. The number of allylic oxidation sites excluding steroid dienone is 3. The summed E-state index contributed by atoms with van der Waals surface area (Å²) in [7, 11) is 1.50. The molecule has 2 aliphatic heterocycles. The van der Waals surface area contributed by atoms with E-state index in [1.165, 1.54) is 62.3 Å². The van der Waals surface area contributed by atoms with Crippen molar-refractivity contribution >= 4 is 22.2 Å². The normalized spacial score (nSPS) is 18.9. The van der Waals surface area contributed by atoms with Crippen LogP contribution in [0.4, 0.5) is 0 Å². The number of aromatic amines is 1. The number of hydrogen-bond donors (Lipinski definition) is 4. The molecule has 0 saturated carbocycles. The van der Waals surface area contributed by atoms with Crippen LogP contribution in [0.25, 0.3) is 16.5 Å². The molecule has 0 unspecified atom stereocenters. The molecular weight excluding hydrogens is 484 g/mol. The van der Waals surface area contributed by atoms with Gasteiger partial charge in [-0.25, -0.2) is 0 Å². The third-order valence-electron chi connectivity index (χ3n) is 8.39. The van der Waals surface area contributed by atoms with Crippen molar-refractivity contribution in [2.45, 2.75) is 97.1 Å². The third-order valence-corrected chi connectivity index (χ3v) is 8.39. The number of fused-ring (bicyclic) bond motifs is 1. The summed E-state index contributed by atoms with van der Waals surface area (Å²) in [5, 5.41) is 20.6. The zero-order valence-corrected chi connectivity index (χ0v) is 25.4. The fraction of sp³-hybridized carbons (Fsp3) is 0.606. The Morgan fingerprint density at radius 3 is 2.36 bits per heavy atom. The topological polar surface area (TPSA) is 98.4 Å². The minimum Gasteiger partial charge on any atom is -0.386 e. The van der Waals surface area contributed by atoms with Gasteiger partial charge in [0.25, 0.3) is 0 Å². The van der Waals surface area contributed by atoms with Crippen LogP contribution in [-0.2, 0) is 4.74 Å². The highest BCUT2D eigenvalue weighted by molar-refractivity contribution is 6.02. The van der Waals surface area contributed by atoms with Gasteiger partial charge in [0.2, 0.25) is 0 Å². The molecular formula is C33H52N4O2. The van der Waals surface area contributed by atoms with Crippen LogP contribution < -0.4 is 5.73 Å². The molecule has 216 valence electrons. The lowest BCUT2D eigenvalue weighted by molar-refractivity contribution is 0.0252. The first-order valence-electron chi connectivity index (χ1n) is 14.9. The van der Waals surface area contributed by atoms with E-state index in [0.29, 0.717) is 35.6 Å². The molecule has 2 fully saturated rings. The molecule has 2 aliphatic rings. The highest BCUT2D eigenvalue weighted by atomic mass is 16.5. The number of aromatic nitrogens is 1. The number of nitrogens with zero attached hydrogens (tertiary/aromatic N) is 1. The lowest BCUT2D eigenvalue weighted by atomic mass is 9.86. The van der Waals surface area contributed by atoms with Crippen molar-refractivity contribution in [1.29, 1.82) is 5.41 Å². The summed E-state index contributed by atoms with van der Waals surface area (Å²) in [4.78, 5) is 6.40. The Hall–Kier alpha value is -2.25. The summed E-state index contributed by atoms with van der Waals surface area (Å²) in [6.07, 6.45) is 9.48. The molecule has 3 heterocycles. The number of hydrogen-bond acceptors (Lipinski definition) is 5. The lowest BCUT2D eigenvalue weighted by Gasteiger charge is -2.39. The van der Waals surface area contributed by atoms with Crippen LogP contribution in [-0.4, -0.2) is 65.7 Å². The van der Waals surface area contributed by atoms with E-state index >= 15 is 0 Å². The molecule has 1 aromatic carbocycles. The fourth-order valence-corrected chi connectivity index (χ4v) is 6.24. The van der Waals surface area contributed by atoms with Gasteiger partial charge in [-0.15, -0.1) is 0 Å². The molecule has 0 spiro atoms. The van der Waals surface area contributed by atoms with Gasteiger partial charge < -0.3 is 30.9 Å². The number of piperidine rings is 1. The van der Waals surface area contributed by atoms with Crippen LogP contribution in [0.5, 0.6) is 0 Å². The van der Waals surface area contributed by atoms with Crippen molar-refractivity contribution in [2.75, 3.05) is 33.4 Å². The van der Waals surface area contributed by atoms with Crippen LogP contribution in [0.3, 0.4) is 0 Å². The molecule has 0 atom stereocenters. The predicted octanol–water partition coefficient (Wildman–Crippen LogP) is 6.75. The molecule has 0 radical (unpaired) electrons. The Balaban J connectivity index is 0.00000205. The first-order chi connectivity index (χ1) is 18.6. The molecule has 1 aromatic heterocycles. The van der Waals surface area contributed by atoms with Crippen molar-refractivity contribution in [2.24, 2.45) is 5.73 Å². The summed E-state index contributed by atoms with van der Waals surface area (Å²) in [5.74, 6) is 0.945. The average molecular weight is 537 g/mol. The van der Waals surface area contributed by atoms with E-state index in [1.807, 2.05) is 19.9 Å². The summed E-state index contributed by atoms with van der Waals surface area (Å²) in [6, 6.07) is 7.71. The van der Waals surface area contributed by atoms with E-state index in [-0.39, 0.29) is 0 Å². The van der Waals surface area contributed by atoms with Gasteiger partial charge in [-0.3, -0.25) is 0 Å². The second kappa shape index (κ2) is 13.9. The van der Waals surface area contributed by atoms with E-state index in [1.54, 1.807) is 13.8 Å². The minimum absolute atomic E-state index is 0.342. The molecule has 39 heavy (non-hydrogen) atoms. The smallest absolute Gasteiger partial charge is 0.0858 e. The van der Waals surface area contributed by atoms with E-state index in [4.69, 9.17) is 10.1 Å². The summed E-state index contributed by atoms with van der Waals surface area (Å²) in [5.41, 5.74) is 10.6. The number of aliphatic hydroxyl groups is 1. The zero-order valence-electron chi connectivity index (χ0n) is 25.4. The highest BCUT2D eigenvalue weighted by Gasteiger charge is 2.28. The fourth-order valence-electron chi connectivity index (χ4n) is 6.24. The number of ether oxygens (including phenoxy) is 1. The first-order valence-corrected chi connectivity index (χ1v) is 14.9. The lowest BCUT2D eigenvalue weighted by Crippen LogP contribution is -2.43. The van der Waals surface area contributed by atoms with Gasteiger partial charge in [-0.2, -0.15) is 0 Å². The molecule has 2 aromatic rings. The average Bonchev–Trinajstić information content (AvgIpc) is 3.33. The Morgan fingerprint density at radius 1 is 1.18 bits per heavy atom. The Bertz CT molecular complexity index is 1150. The second-order valence-corrected chi connectivity index (χ2v) is 11.7. The van der Waals surface area contributed by atoms with Crippen molar-refractivity contribution in [1.82, 2.24) is 9.88 Å².